The lowest BCUT2D eigenvalue weighted by atomic mass is 10.1. The molecule has 0 N–H and O–H groups in total. The van der Waals surface area contributed by atoms with Gasteiger partial charge in [0, 0.05) is 16.5 Å². The van der Waals surface area contributed by atoms with Crippen LogP contribution in [0.4, 0.5) is 8.78 Å². The summed E-state index contributed by atoms with van der Waals surface area (Å²) in [6, 6.07) is 10.7. The number of rotatable bonds is 6. The van der Waals surface area contributed by atoms with Crippen molar-refractivity contribution in [3.8, 4) is 12.1 Å². The maximum absolute atomic E-state index is 13.7. The van der Waals surface area contributed by atoms with Crippen molar-refractivity contribution in [2.45, 2.75) is 0 Å². The Labute approximate surface area is 160 Å². The van der Waals surface area contributed by atoms with E-state index in [1.807, 2.05) is 0 Å². The molecule has 0 fully saturated rings. The van der Waals surface area contributed by atoms with Crippen LogP contribution in [0.15, 0.2) is 47.9 Å². The molecule has 0 aromatic heterocycles. The maximum Gasteiger partial charge on any atom is 0.179 e. The fourth-order valence-corrected chi connectivity index (χ4v) is 3.06. The van der Waals surface area contributed by atoms with Crippen molar-refractivity contribution in [1.29, 1.82) is 10.5 Å². The maximum atomic E-state index is 13.7. The lowest BCUT2D eigenvalue weighted by Gasteiger charge is -1.99. The number of sulfone groups is 1. The van der Waals surface area contributed by atoms with Gasteiger partial charge in [0.2, 0.25) is 0 Å². The molecule has 0 heterocycles. The monoisotopic (exact) mass is 398 g/mol. The van der Waals surface area contributed by atoms with Crippen molar-refractivity contribution in [2.75, 3.05) is 5.75 Å². The highest BCUT2D eigenvalue weighted by Crippen LogP contribution is 2.14. The lowest BCUT2D eigenvalue weighted by molar-refractivity contribution is -0.112. The van der Waals surface area contributed by atoms with Crippen LogP contribution >= 0.6 is 0 Å². The van der Waals surface area contributed by atoms with Gasteiger partial charge in [0.1, 0.15) is 17.4 Å². The zero-order valence-corrected chi connectivity index (χ0v) is 15.1. The van der Waals surface area contributed by atoms with Crippen molar-refractivity contribution in [1.82, 2.24) is 0 Å². The van der Waals surface area contributed by atoms with Gasteiger partial charge in [-0.25, -0.2) is 17.2 Å². The third kappa shape index (κ3) is 5.70. The van der Waals surface area contributed by atoms with Gasteiger partial charge in [-0.15, -0.1) is 0 Å². The van der Waals surface area contributed by atoms with E-state index in [0.29, 0.717) is 5.41 Å². The fraction of sp³-hybridized carbons (Fsp3) is 0.0500. The van der Waals surface area contributed by atoms with E-state index < -0.39 is 33.0 Å². The standard InChI is InChI=1S/C20H12F2N2O3S/c21-19-9-14(11-23)1-3-16(19)5-6-18(25)13-28(26,27)8-7-17-4-2-15(12-24)10-20(17)22/h1-10H,13H2/b6-5?,8-7-. The van der Waals surface area contributed by atoms with Gasteiger partial charge in [-0.3, -0.25) is 4.79 Å². The third-order valence-corrected chi connectivity index (χ3v) is 4.74. The summed E-state index contributed by atoms with van der Waals surface area (Å²) in [6.45, 7) is 0. The molecule has 8 heteroatoms. The van der Waals surface area contributed by atoms with E-state index in [0.717, 1.165) is 30.4 Å². The van der Waals surface area contributed by atoms with Crippen LogP contribution in [-0.4, -0.2) is 20.0 Å². The number of benzene rings is 2. The van der Waals surface area contributed by atoms with Crippen molar-refractivity contribution < 1.29 is 22.0 Å². The molecule has 0 spiro atoms. The van der Waals surface area contributed by atoms with E-state index in [1.165, 1.54) is 24.3 Å². The van der Waals surface area contributed by atoms with Crippen molar-refractivity contribution in [3.05, 3.63) is 81.8 Å². The van der Waals surface area contributed by atoms with E-state index in [2.05, 4.69) is 0 Å². The summed E-state index contributed by atoms with van der Waals surface area (Å²) in [7, 11) is -3.99. The van der Waals surface area contributed by atoms with Crippen molar-refractivity contribution in [2.24, 2.45) is 0 Å². The van der Waals surface area contributed by atoms with E-state index in [-0.39, 0.29) is 22.3 Å². The number of ketones is 1. The molecule has 0 saturated carbocycles. The van der Waals surface area contributed by atoms with Gasteiger partial charge < -0.3 is 0 Å². The Morgan fingerprint density at radius 1 is 0.929 bits per heavy atom. The van der Waals surface area contributed by atoms with Gasteiger partial charge >= 0.3 is 0 Å². The summed E-state index contributed by atoms with van der Waals surface area (Å²) in [5.41, 5.74) is 0.182. The van der Waals surface area contributed by atoms with Gasteiger partial charge in [0.15, 0.2) is 15.6 Å². The summed E-state index contributed by atoms with van der Waals surface area (Å²) in [4.78, 5) is 11.8. The summed E-state index contributed by atoms with van der Waals surface area (Å²) in [6.07, 6.45) is 3.01. The first kappa shape index (κ1) is 20.7. The summed E-state index contributed by atoms with van der Waals surface area (Å²) in [5.74, 6) is -3.17. The number of nitriles is 2. The van der Waals surface area contributed by atoms with Crippen LogP contribution in [0.3, 0.4) is 0 Å². The molecule has 0 saturated heterocycles. The van der Waals surface area contributed by atoms with Gasteiger partial charge in [0.05, 0.1) is 23.3 Å². The van der Waals surface area contributed by atoms with Gasteiger partial charge in [-0.1, -0.05) is 12.1 Å². The first-order valence-electron chi connectivity index (χ1n) is 7.75. The summed E-state index contributed by atoms with van der Waals surface area (Å²) in [5, 5.41) is 18.1. The van der Waals surface area contributed by atoms with Crippen molar-refractivity contribution in [3.63, 3.8) is 0 Å². The van der Waals surface area contributed by atoms with E-state index in [9.17, 15) is 22.0 Å². The minimum atomic E-state index is -3.99. The van der Waals surface area contributed by atoms with Crippen LogP contribution < -0.4 is 0 Å². The quantitative estimate of drug-likeness (QED) is 0.695. The number of hydrogen-bond donors (Lipinski definition) is 0. The highest BCUT2D eigenvalue weighted by atomic mass is 32.2. The Bertz CT molecular complexity index is 1170. The molecule has 0 atom stereocenters. The van der Waals surface area contributed by atoms with E-state index in [4.69, 9.17) is 10.5 Å². The Morgan fingerprint density at radius 2 is 1.43 bits per heavy atom. The average molecular weight is 398 g/mol. The normalized spacial score (nSPS) is 11.4. The van der Waals surface area contributed by atoms with Gasteiger partial charge in [-0.05, 0) is 42.5 Å². The molecule has 0 radical (unpaired) electrons. The Balaban J connectivity index is 2.08. The molecule has 5 nitrogen and oxygen atoms in total. The molecule has 0 aliphatic heterocycles. The molecule has 0 aliphatic carbocycles. The van der Waals surface area contributed by atoms with E-state index in [1.54, 1.807) is 12.1 Å². The molecule has 140 valence electrons. The predicted molar refractivity (Wildman–Crippen MR) is 99.1 cm³/mol. The van der Waals surface area contributed by atoms with Gasteiger partial charge in [0.25, 0.3) is 0 Å². The first-order chi connectivity index (χ1) is 13.2. The van der Waals surface area contributed by atoms with Crippen LogP contribution in [0.2, 0.25) is 0 Å². The van der Waals surface area contributed by atoms with Crippen LogP contribution in [-0.2, 0) is 14.6 Å². The Kier molecular flexibility index (Phi) is 6.54. The largest absolute Gasteiger partial charge is 0.294 e. The molecule has 0 amide bonds. The topological polar surface area (TPSA) is 98.8 Å². The van der Waals surface area contributed by atoms with Crippen LogP contribution in [0.25, 0.3) is 12.2 Å². The minimum Gasteiger partial charge on any atom is -0.294 e. The summed E-state index contributed by atoms with van der Waals surface area (Å²) >= 11 is 0. The fourth-order valence-electron chi connectivity index (χ4n) is 2.12. The van der Waals surface area contributed by atoms with Crippen LogP contribution in [0, 0.1) is 34.3 Å². The highest BCUT2D eigenvalue weighted by Gasteiger charge is 2.12. The summed E-state index contributed by atoms with van der Waals surface area (Å²) < 4.78 is 51.4. The Hall–Kier alpha value is -3.62. The zero-order valence-electron chi connectivity index (χ0n) is 14.3. The zero-order chi connectivity index (χ0) is 20.7. The number of halogens is 2. The second-order valence-electron chi connectivity index (χ2n) is 5.61. The minimum absolute atomic E-state index is 0.0277. The molecule has 2 rings (SSSR count). The smallest absolute Gasteiger partial charge is 0.179 e. The molecular formula is C20H12F2N2O3S. The number of nitrogens with zero attached hydrogens (tertiary/aromatic N) is 2. The first-order valence-corrected chi connectivity index (χ1v) is 9.46. The van der Waals surface area contributed by atoms with Crippen LogP contribution in [0.5, 0.6) is 0 Å². The highest BCUT2D eigenvalue weighted by molar-refractivity contribution is 7.95. The van der Waals surface area contributed by atoms with Crippen LogP contribution in [0.1, 0.15) is 22.3 Å². The second-order valence-corrected chi connectivity index (χ2v) is 7.49. The molecule has 0 aliphatic rings. The molecule has 0 unspecified atom stereocenters. The average Bonchev–Trinajstić information content (AvgIpc) is 2.65. The third-order valence-electron chi connectivity index (χ3n) is 3.51. The molecule has 0 bridgehead atoms. The Morgan fingerprint density at radius 3 is 1.89 bits per heavy atom. The SMILES string of the molecule is N#Cc1ccc(C=CC(=O)CS(=O)(=O)/C=C\c2ccc(C#N)cc2F)c(F)c1. The number of carbonyl (C=O) groups is 1. The molecule has 2 aromatic carbocycles. The number of hydrogen-bond acceptors (Lipinski definition) is 5. The van der Waals surface area contributed by atoms with Crippen molar-refractivity contribution >= 4 is 27.8 Å². The second kappa shape index (κ2) is 8.85. The van der Waals surface area contributed by atoms with E-state index >= 15 is 0 Å². The number of allylic oxidation sites excluding steroid dienone is 1. The molecule has 28 heavy (non-hydrogen) atoms. The number of carbonyl (C=O) groups excluding carboxylic acids is 1. The predicted octanol–water partition coefficient (Wildman–Crippen LogP) is 3.38. The van der Waals surface area contributed by atoms with Gasteiger partial charge in [-0.2, -0.15) is 10.5 Å². The molecule has 2 aromatic rings. The molecular weight excluding hydrogens is 386 g/mol. The lowest BCUT2D eigenvalue weighted by Crippen LogP contribution is -2.11.